The van der Waals surface area contributed by atoms with Crippen LogP contribution in [0.4, 0.5) is 4.79 Å². The monoisotopic (exact) mass is 669 g/mol. The molecule has 1 aliphatic heterocycles. The van der Waals surface area contributed by atoms with Crippen molar-refractivity contribution in [1.29, 1.82) is 0 Å². The number of methoxy groups -OCH3 is 1. The number of piperidine rings is 1. The van der Waals surface area contributed by atoms with Gasteiger partial charge in [-0.15, -0.1) is 11.6 Å². The van der Waals surface area contributed by atoms with Crippen molar-refractivity contribution in [1.82, 2.24) is 4.90 Å². The molecule has 3 atom stereocenters. The van der Waals surface area contributed by atoms with Crippen LogP contribution in [-0.2, 0) is 28.7 Å². The molecule has 242 valence electrons. The van der Waals surface area contributed by atoms with E-state index >= 15 is 0 Å². The van der Waals surface area contributed by atoms with Gasteiger partial charge in [0, 0.05) is 18.5 Å². The lowest BCUT2D eigenvalue weighted by Crippen LogP contribution is -2.46. The summed E-state index contributed by atoms with van der Waals surface area (Å²) < 4.78 is 9.93. The Kier molecular flexibility index (Phi) is 20.9. The fourth-order valence-corrected chi connectivity index (χ4v) is 5.76. The Hall–Kier alpha value is -2.90. The van der Waals surface area contributed by atoms with E-state index in [1.807, 2.05) is 53.4 Å². The molecule has 1 heterocycles. The first-order chi connectivity index (χ1) is 21.2. The van der Waals surface area contributed by atoms with Crippen molar-refractivity contribution in [2.45, 2.75) is 76.2 Å². The van der Waals surface area contributed by atoms with Crippen molar-refractivity contribution >= 4 is 58.3 Å². The number of carbonyl (C=O) groups excluding carboxylic acids is 5. The standard InChI is InChI=1S/C15H20ClNO2.C15H20O2.C2H2Cl2O.CO2/c1-12(13-7-3-2-4-8-13)14-9-5-6-10-17(14)15(18)19-11-16;1-17-15(16)14(12-8-4-2-5-9-12)13-10-6-3-7-11-13;3-1-2(4)5;2-1-3/h2-4,7-8,12,14H,5-6,9-11H2,1H3;2,4-5,8-9,13-14H,3,6-7,10-11H2,1H3;1H2;/t12-,14?;14-;;/m11../s1. The van der Waals surface area contributed by atoms with Crippen LogP contribution in [0.1, 0.15) is 81.3 Å². The SMILES string of the molecule is COC(=O)[C@H](c1ccccc1)C1CCCCC1.C[C@H](c1ccccc1)C1CCCCN1C(=O)OCCl.O=C(Cl)CCl.O=C=O. The zero-order valence-electron chi connectivity index (χ0n) is 25.3. The van der Waals surface area contributed by atoms with E-state index in [9.17, 15) is 14.4 Å². The van der Waals surface area contributed by atoms with Crippen LogP contribution in [0.25, 0.3) is 0 Å². The molecule has 2 fully saturated rings. The van der Waals surface area contributed by atoms with Crippen LogP contribution >= 0.6 is 34.8 Å². The highest BCUT2D eigenvalue weighted by atomic mass is 35.5. The lowest BCUT2D eigenvalue weighted by molar-refractivity contribution is -0.191. The summed E-state index contributed by atoms with van der Waals surface area (Å²) in [6.07, 6.45) is 9.26. The molecule has 0 aromatic heterocycles. The van der Waals surface area contributed by atoms with E-state index in [2.05, 4.69) is 19.1 Å². The highest BCUT2D eigenvalue weighted by Crippen LogP contribution is 2.36. The highest BCUT2D eigenvalue weighted by molar-refractivity contribution is 6.67. The number of carbonyl (C=O) groups is 3. The number of benzene rings is 2. The van der Waals surface area contributed by atoms with Gasteiger partial charge in [0.05, 0.1) is 18.9 Å². The van der Waals surface area contributed by atoms with Crippen molar-refractivity contribution in [2.24, 2.45) is 5.92 Å². The van der Waals surface area contributed by atoms with E-state index in [-0.39, 0.29) is 42.1 Å². The molecule has 2 aromatic rings. The number of hydrogen-bond acceptors (Lipinski definition) is 7. The zero-order chi connectivity index (χ0) is 32.7. The number of alkyl halides is 2. The Bertz CT molecular complexity index is 1120. The molecule has 1 saturated heterocycles. The first-order valence-electron chi connectivity index (χ1n) is 14.7. The van der Waals surface area contributed by atoms with E-state index < -0.39 is 5.24 Å². The normalized spacial score (nSPS) is 17.3. The van der Waals surface area contributed by atoms with Crippen LogP contribution in [0.5, 0.6) is 0 Å². The molecule has 44 heavy (non-hydrogen) atoms. The molecule has 4 rings (SSSR count). The third kappa shape index (κ3) is 14.3. The third-order valence-corrected chi connectivity index (χ3v) is 8.33. The molecular weight excluding hydrogens is 629 g/mol. The first kappa shape index (κ1) is 39.1. The van der Waals surface area contributed by atoms with E-state index in [4.69, 9.17) is 53.9 Å². The maximum atomic E-state index is 12.0. The average Bonchev–Trinajstić information content (AvgIpc) is 3.07. The first-order valence-corrected chi connectivity index (χ1v) is 16.1. The summed E-state index contributed by atoms with van der Waals surface area (Å²) >= 11 is 15.0. The highest BCUT2D eigenvalue weighted by Gasteiger charge is 2.33. The molecule has 11 heteroatoms. The van der Waals surface area contributed by atoms with Crippen molar-refractivity contribution < 1.29 is 33.4 Å². The Labute approximate surface area is 275 Å². The van der Waals surface area contributed by atoms with Gasteiger partial charge in [0.25, 0.3) is 0 Å². The number of halogens is 3. The van der Waals surface area contributed by atoms with Crippen LogP contribution in [0, 0.1) is 5.92 Å². The van der Waals surface area contributed by atoms with Crippen molar-refractivity contribution in [3.05, 3.63) is 71.8 Å². The van der Waals surface area contributed by atoms with Crippen LogP contribution in [-0.4, -0.2) is 60.0 Å². The zero-order valence-corrected chi connectivity index (χ0v) is 27.6. The minimum Gasteiger partial charge on any atom is -0.469 e. The van der Waals surface area contributed by atoms with Crippen molar-refractivity contribution in [2.75, 3.05) is 25.6 Å². The Morgan fingerprint density at radius 3 is 1.84 bits per heavy atom. The summed E-state index contributed by atoms with van der Waals surface area (Å²) in [7, 11) is 1.49. The average molecular weight is 671 g/mol. The molecule has 1 unspecified atom stereocenters. The lowest BCUT2D eigenvalue weighted by Gasteiger charge is -2.38. The number of ether oxygens (including phenoxy) is 2. The quantitative estimate of drug-likeness (QED) is 0.167. The van der Waals surface area contributed by atoms with E-state index in [1.54, 1.807) is 0 Å². The van der Waals surface area contributed by atoms with Crippen LogP contribution in [0.15, 0.2) is 60.7 Å². The van der Waals surface area contributed by atoms with Gasteiger partial charge in [0.2, 0.25) is 5.24 Å². The Morgan fingerprint density at radius 2 is 1.36 bits per heavy atom. The molecule has 1 saturated carbocycles. The van der Waals surface area contributed by atoms with Crippen LogP contribution in [0.2, 0.25) is 0 Å². The molecule has 2 aromatic carbocycles. The maximum Gasteiger partial charge on any atom is 0.411 e. The van der Waals surface area contributed by atoms with Gasteiger partial charge in [-0.25, -0.2) is 4.79 Å². The fraction of sp³-hybridized carbons (Fsp3) is 0.515. The minimum absolute atomic E-state index is 0.0681. The summed E-state index contributed by atoms with van der Waals surface area (Å²) in [6, 6.07) is 20.5. The number of nitrogens with zero attached hydrogens (tertiary/aromatic N) is 1. The van der Waals surface area contributed by atoms with Gasteiger partial charge in [-0.3, -0.25) is 9.59 Å². The summed E-state index contributed by atoms with van der Waals surface area (Å²) in [4.78, 5) is 51.5. The number of likely N-dealkylation sites (tertiary alicyclic amines) is 1. The molecule has 0 radical (unpaired) electrons. The molecule has 0 spiro atoms. The van der Waals surface area contributed by atoms with Gasteiger partial charge < -0.3 is 14.4 Å². The lowest BCUT2D eigenvalue weighted by atomic mass is 9.77. The van der Waals surface area contributed by atoms with Crippen molar-refractivity contribution in [3.63, 3.8) is 0 Å². The molecule has 1 amide bonds. The van der Waals surface area contributed by atoms with Gasteiger partial charge in [-0.1, -0.05) is 98.5 Å². The second kappa shape index (κ2) is 23.5. The number of amides is 1. The maximum absolute atomic E-state index is 12.0. The number of esters is 1. The third-order valence-electron chi connectivity index (χ3n) is 7.70. The topological polar surface area (TPSA) is 107 Å². The number of rotatable bonds is 7. The predicted octanol–water partition coefficient (Wildman–Crippen LogP) is 7.91. The van der Waals surface area contributed by atoms with Crippen LogP contribution < -0.4 is 0 Å². The Balaban J connectivity index is 0.000000356. The van der Waals surface area contributed by atoms with Crippen LogP contribution in [0.3, 0.4) is 0 Å². The van der Waals surface area contributed by atoms with Gasteiger partial charge in [0.15, 0.2) is 6.07 Å². The largest absolute Gasteiger partial charge is 0.469 e. The summed E-state index contributed by atoms with van der Waals surface area (Å²) in [6.45, 7) is 2.93. The summed E-state index contributed by atoms with van der Waals surface area (Å²) in [5, 5.41) is -0.508. The molecule has 0 N–H and O–H groups in total. The van der Waals surface area contributed by atoms with Crippen molar-refractivity contribution in [3.8, 4) is 0 Å². The number of hydrogen-bond donors (Lipinski definition) is 0. The molecular formula is C33H42Cl3NO7. The summed E-state index contributed by atoms with van der Waals surface area (Å²) in [5.74, 6) is 0.522. The molecule has 8 nitrogen and oxygen atoms in total. The molecule has 1 aliphatic carbocycles. The van der Waals surface area contributed by atoms with Gasteiger partial charge in [-0.2, -0.15) is 9.59 Å². The molecule has 2 aliphatic rings. The minimum atomic E-state index is -0.508. The smallest absolute Gasteiger partial charge is 0.411 e. The second-order valence-corrected chi connectivity index (χ2v) is 11.3. The van der Waals surface area contributed by atoms with Gasteiger partial charge in [-0.05, 0) is 60.7 Å². The Morgan fingerprint density at radius 1 is 0.864 bits per heavy atom. The van der Waals surface area contributed by atoms with E-state index in [0.29, 0.717) is 11.8 Å². The van der Waals surface area contributed by atoms with Gasteiger partial charge >= 0.3 is 18.2 Å². The second-order valence-electron chi connectivity index (χ2n) is 10.4. The predicted molar refractivity (Wildman–Crippen MR) is 171 cm³/mol. The van der Waals surface area contributed by atoms with Gasteiger partial charge in [0.1, 0.15) is 0 Å². The molecule has 0 bridgehead atoms. The van der Waals surface area contributed by atoms with E-state index in [0.717, 1.165) is 44.2 Å². The fourth-order valence-electron chi connectivity index (χ4n) is 5.67. The summed E-state index contributed by atoms with van der Waals surface area (Å²) in [5.41, 5.74) is 2.37. The van der Waals surface area contributed by atoms with E-state index in [1.165, 1.54) is 31.9 Å².